The van der Waals surface area contributed by atoms with Gasteiger partial charge in [0, 0.05) is 23.3 Å². The lowest BCUT2D eigenvalue weighted by atomic mass is 9.98. The van der Waals surface area contributed by atoms with Crippen molar-refractivity contribution < 1.29 is 4.79 Å². The van der Waals surface area contributed by atoms with Gasteiger partial charge in [-0.15, -0.1) is 22.7 Å². The van der Waals surface area contributed by atoms with Gasteiger partial charge >= 0.3 is 0 Å². The van der Waals surface area contributed by atoms with Crippen LogP contribution in [0.5, 0.6) is 0 Å². The monoisotopic (exact) mass is 396 g/mol. The zero-order chi connectivity index (χ0) is 18.8. The third-order valence-electron chi connectivity index (χ3n) is 5.47. The summed E-state index contributed by atoms with van der Waals surface area (Å²) in [5, 5.41) is 4.31. The Kier molecular flexibility index (Phi) is 5.43. The van der Waals surface area contributed by atoms with Crippen LogP contribution in [0.3, 0.4) is 0 Å². The van der Waals surface area contributed by atoms with Crippen LogP contribution < -0.4 is 0 Å². The fourth-order valence-corrected chi connectivity index (χ4v) is 5.56. The highest BCUT2D eigenvalue weighted by atomic mass is 32.1. The summed E-state index contributed by atoms with van der Waals surface area (Å²) >= 11 is 3.62. The lowest BCUT2D eigenvalue weighted by Gasteiger charge is -2.36. The molecule has 27 heavy (non-hydrogen) atoms. The molecule has 1 aromatic carbocycles. The van der Waals surface area contributed by atoms with E-state index in [4.69, 9.17) is 0 Å². The summed E-state index contributed by atoms with van der Waals surface area (Å²) in [5.41, 5.74) is 2.54. The molecule has 1 aliphatic heterocycles. The standard InChI is InChI=1S/C22H24N2OS2/c1-16(17-7-4-3-5-8-17)23(2)21(25)15-24-12-10-19-18(11-14-27-19)22(24)20-9-6-13-26-20/h3-9,11,13-14,16,22H,10,12,15H2,1-2H3/t16-,22-/m1/s1. The largest absolute Gasteiger partial charge is 0.338 e. The fourth-order valence-electron chi connectivity index (χ4n) is 3.78. The average molecular weight is 397 g/mol. The van der Waals surface area contributed by atoms with Crippen molar-refractivity contribution in [1.29, 1.82) is 0 Å². The summed E-state index contributed by atoms with van der Waals surface area (Å²) in [6.07, 6.45) is 1.03. The van der Waals surface area contributed by atoms with Crippen molar-refractivity contribution in [2.24, 2.45) is 0 Å². The summed E-state index contributed by atoms with van der Waals surface area (Å²) in [6.45, 7) is 3.47. The number of carbonyl (C=O) groups excluding carboxylic acids is 1. The molecule has 0 N–H and O–H groups in total. The van der Waals surface area contributed by atoms with E-state index in [1.54, 1.807) is 11.3 Å². The molecule has 0 radical (unpaired) electrons. The van der Waals surface area contributed by atoms with E-state index in [2.05, 4.69) is 52.9 Å². The molecule has 0 fully saturated rings. The van der Waals surface area contributed by atoms with Crippen molar-refractivity contribution in [3.63, 3.8) is 0 Å². The Balaban J connectivity index is 1.53. The Labute approximate surface area is 168 Å². The highest BCUT2D eigenvalue weighted by Crippen LogP contribution is 2.39. The quantitative estimate of drug-likeness (QED) is 0.607. The molecular weight excluding hydrogens is 372 g/mol. The SMILES string of the molecule is C[C@H](c1ccccc1)N(C)C(=O)CN1CCc2sccc2[C@@H]1c1cccs1. The van der Waals surface area contributed by atoms with Crippen LogP contribution >= 0.6 is 22.7 Å². The zero-order valence-electron chi connectivity index (χ0n) is 15.7. The molecule has 2 aromatic heterocycles. The van der Waals surface area contributed by atoms with Gasteiger partial charge in [-0.3, -0.25) is 9.69 Å². The number of thiophene rings is 2. The molecule has 3 heterocycles. The third kappa shape index (κ3) is 3.72. The Morgan fingerprint density at radius 2 is 1.96 bits per heavy atom. The smallest absolute Gasteiger partial charge is 0.237 e. The summed E-state index contributed by atoms with van der Waals surface area (Å²) in [5.74, 6) is 0.173. The normalized spacial score (nSPS) is 18.1. The van der Waals surface area contributed by atoms with Crippen LogP contribution in [0.4, 0.5) is 0 Å². The second kappa shape index (κ2) is 7.97. The number of nitrogens with zero attached hydrogens (tertiary/aromatic N) is 2. The van der Waals surface area contributed by atoms with Crippen LogP contribution in [0.25, 0.3) is 0 Å². The predicted molar refractivity (Wildman–Crippen MR) is 113 cm³/mol. The van der Waals surface area contributed by atoms with Crippen LogP contribution in [0.2, 0.25) is 0 Å². The first-order chi connectivity index (χ1) is 13.1. The zero-order valence-corrected chi connectivity index (χ0v) is 17.3. The number of likely N-dealkylation sites (N-methyl/N-ethyl adjacent to an activating group) is 1. The van der Waals surface area contributed by atoms with E-state index in [9.17, 15) is 4.79 Å². The minimum absolute atomic E-state index is 0.0698. The Hall–Kier alpha value is -1.95. The van der Waals surface area contributed by atoms with Crippen molar-refractivity contribution in [2.75, 3.05) is 20.1 Å². The van der Waals surface area contributed by atoms with Crippen molar-refractivity contribution in [2.45, 2.75) is 25.4 Å². The van der Waals surface area contributed by atoms with Gasteiger partial charge in [-0.1, -0.05) is 36.4 Å². The van der Waals surface area contributed by atoms with E-state index in [1.807, 2.05) is 41.5 Å². The Bertz CT molecular complexity index is 888. The lowest BCUT2D eigenvalue weighted by molar-refractivity contribution is -0.133. The average Bonchev–Trinajstić information content (AvgIpc) is 3.39. The molecule has 0 spiro atoms. The summed E-state index contributed by atoms with van der Waals surface area (Å²) in [4.78, 5) is 20.1. The molecule has 0 saturated carbocycles. The molecule has 0 unspecified atom stereocenters. The van der Waals surface area contributed by atoms with Crippen LogP contribution in [0, 0.1) is 0 Å². The molecule has 3 nitrogen and oxygen atoms in total. The van der Waals surface area contributed by atoms with Crippen LogP contribution in [0.1, 0.15) is 39.9 Å². The molecule has 140 valence electrons. The molecule has 4 rings (SSSR count). The van der Waals surface area contributed by atoms with Crippen LogP contribution in [0.15, 0.2) is 59.3 Å². The Morgan fingerprint density at radius 1 is 1.15 bits per heavy atom. The third-order valence-corrected chi connectivity index (χ3v) is 7.39. The van der Waals surface area contributed by atoms with Crippen molar-refractivity contribution in [1.82, 2.24) is 9.80 Å². The topological polar surface area (TPSA) is 23.6 Å². The maximum Gasteiger partial charge on any atom is 0.237 e. The molecule has 3 aromatic rings. The van der Waals surface area contributed by atoms with Gasteiger partial charge in [-0.05, 0) is 47.4 Å². The maximum absolute atomic E-state index is 13.1. The van der Waals surface area contributed by atoms with Crippen molar-refractivity contribution in [3.8, 4) is 0 Å². The molecule has 0 bridgehead atoms. The van der Waals surface area contributed by atoms with Gasteiger partial charge in [0.05, 0.1) is 18.6 Å². The number of benzene rings is 1. The molecule has 5 heteroatoms. The van der Waals surface area contributed by atoms with E-state index in [1.165, 1.54) is 20.9 Å². The minimum Gasteiger partial charge on any atom is -0.338 e. The van der Waals surface area contributed by atoms with E-state index in [-0.39, 0.29) is 18.0 Å². The number of amides is 1. The first kappa shape index (κ1) is 18.4. The van der Waals surface area contributed by atoms with E-state index in [0.29, 0.717) is 6.54 Å². The number of hydrogen-bond acceptors (Lipinski definition) is 4. The van der Waals surface area contributed by atoms with E-state index < -0.39 is 0 Å². The molecule has 1 amide bonds. The highest BCUT2D eigenvalue weighted by molar-refractivity contribution is 7.10. The Morgan fingerprint density at radius 3 is 2.70 bits per heavy atom. The first-order valence-electron chi connectivity index (χ1n) is 9.29. The minimum atomic E-state index is 0.0698. The summed E-state index contributed by atoms with van der Waals surface area (Å²) in [7, 11) is 1.92. The maximum atomic E-state index is 13.1. The summed E-state index contributed by atoms with van der Waals surface area (Å²) in [6, 6.07) is 17.0. The van der Waals surface area contributed by atoms with Gasteiger partial charge in [-0.2, -0.15) is 0 Å². The number of carbonyl (C=O) groups is 1. The number of rotatable bonds is 5. The van der Waals surface area contributed by atoms with Crippen molar-refractivity contribution >= 4 is 28.6 Å². The van der Waals surface area contributed by atoms with Gasteiger partial charge < -0.3 is 4.90 Å². The number of hydrogen-bond donors (Lipinski definition) is 0. The van der Waals surface area contributed by atoms with Gasteiger partial charge in [0.1, 0.15) is 0 Å². The first-order valence-corrected chi connectivity index (χ1v) is 11.1. The van der Waals surface area contributed by atoms with Crippen LogP contribution in [-0.2, 0) is 11.2 Å². The highest BCUT2D eigenvalue weighted by Gasteiger charge is 2.32. The van der Waals surface area contributed by atoms with Gasteiger partial charge in [0.15, 0.2) is 0 Å². The number of fused-ring (bicyclic) bond motifs is 1. The van der Waals surface area contributed by atoms with Crippen LogP contribution in [-0.4, -0.2) is 35.8 Å². The lowest BCUT2D eigenvalue weighted by Crippen LogP contribution is -2.43. The molecule has 2 atom stereocenters. The van der Waals surface area contributed by atoms with Gasteiger partial charge in [-0.25, -0.2) is 0 Å². The second-order valence-electron chi connectivity index (χ2n) is 7.03. The molecule has 0 saturated heterocycles. The van der Waals surface area contributed by atoms with E-state index >= 15 is 0 Å². The molecule has 0 aliphatic carbocycles. The van der Waals surface area contributed by atoms with E-state index in [0.717, 1.165) is 13.0 Å². The van der Waals surface area contributed by atoms with Gasteiger partial charge in [0.2, 0.25) is 5.91 Å². The van der Waals surface area contributed by atoms with Crippen molar-refractivity contribution in [3.05, 3.63) is 80.2 Å². The molecule has 1 aliphatic rings. The second-order valence-corrected chi connectivity index (χ2v) is 9.01. The fraction of sp³-hybridized carbons (Fsp3) is 0.318. The summed E-state index contributed by atoms with van der Waals surface area (Å²) < 4.78 is 0. The molecular formula is C22H24N2OS2. The predicted octanol–water partition coefficient (Wildman–Crippen LogP) is 4.98. The van der Waals surface area contributed by atoms with Gasteiger partial charge in [0.25, 0.3) is 0 Å².